The number of anilines is 1. The molecule has 0 saturated carbocycles. The van der Waals surface area contributed by atoms with Gasteiger partial charge in [0.2, 0.25) is 0 Å². The predicted octanol–water partition coefficient (Wildman–Crippen LogP) is 7.47. The molecule has 1 N–H and O–H groups in total. The van der Waals surface area contributed by atoms with Crippen molar-refractivity contribution in [2.75, 3.05) is 5.32 Å². The summed E-state index contributed by atoms with van der Waals surface area (Å²) >= 11 is 0. The first-order valence-electron chi connectivity index (χ1n) is 13.2. The van der Waals surface area contributed by atoms with E-state index in [9.17, 15) is 0 Å². The molecule has 0 radical (unpaired) electrons. The Labute approximate surface area is 221 Å². The van der Waals surface area contributed by atoms with E-state index in [0.717, 1.165) is 41.9 Å². The first kappa shape index (κ1) is 22.5. The molecule has 4 heterocycles. The lowest BCUT2D eigenvalue weighted by atomic mass is 10.1. The van der Waals surface area contributed by atoms with Crippen LogP contribution >= 0.6 is 0 Å². The number of benzene rings is 3. The summed E-state index contributed by atoms with van der Waals surface area (Å²) in [6.07, 6.45) is 5.93. The van der Waals surface area contributed by atoms with Crippen molar-refractivity contribution in [2.24, 2.45) is 7.05 Å². The SMILES string of the molecule is Cn1c2ccccc2c2ccnc(CNc3nccc4c5ccccc5n(CCCc5ccccc5)c34)c21. The Balaban J connectivity index is 1.27. The highest BCUT2D eigenvalue weighted by Crippen LogP contribution is 2.34. The number of hydrogen-bond donors (Lipinski definition) is 1. The van der Waals surface area contributed by atoms with Crippen LogP contribution in [-0.4, -0.2) is 19.1 Å². The second kappa shape index (κ2) is 9.34. The third-order valence-electron chi connectivity index (χ3n) is 7.68. The number of nitrogens with zero attached hydrogens (tertiary/aromatic N) is 4. The Hall–Kier alpha value is -4.64. The molecule has 0 bridgehead atoms. The van der Waals surface area contributed by atoms with Crippen LogP contribution in [0.15, 0.2) is 103 Å². The van der Waals surface area contributed by atoms with Gasteiger partial charge in [-0.3, -0.25) is 4.98 Å². The van der Waals surface area contributed by atoms with Crippen molar-refractivity contribution in [3.8, 4) is 0 Å². The molecular formula is C33H29N5. The van der Waals surface area contributed by atoms with Gasteiger partial charge in [-0.1, -0.05) is 66.7 Å². The minimum absolute atomic E-state index is 0.596. The molecule has 0 aliphatic rings. The lowest BCUT2D eigenvalue weighted by Gasteiger charge is -2.13. The summed E-state index contributed by atoms with van der Waals surface area (Å²) in [5.74, 6) is 0.899. The number of fused-ring (bicyclic) bond motifs is 6. The molecule has 0 aliphatic heterocycles. The van der Waals surface area contributed by atoms with Gasteiger partial charge in [0.15, 0.2) is 5.82 Å². The van der Waals surface area contributed by atoms with E-state index < -0.39 is 0 Å². The second-order valence-corrected chi connectivity index (χ2v) is 9.90. The number of hydrogen-bond acceptors (Lipinski definition) is 3. The van der Waals surface area contributed by atoms with Crippen LogP contribution < -0.4 is 5.32 Å². The van der Waals surface area contributed by atoms with Crippen molar-refractivity contribution in [3.63, 3.8) is 0 Å². The van der Waals surface area contributed by atoms with Crippen LogP contribution in [0.4, 0.5) is 5.82 Å². The number of aryl methyl sites for hydroxylation is 3. The highest BCUT2D eigenvalue weighted by molar-refractivity contribution is 6.11. The zero-order chi connectivity index (χ0) is 25.5. The summed E-state index contributed by atoms with van der Waals surface area (Å²) in [6, 6.07) is 32.2. The minimum atomic E-state index is 0.596. The zero-order valence-corrected chi connectivity index (χ0v) is 21.4. The first-order chi connectivity index (χ1) is 18.8. The van der Waals surface area contributed by atoms with E-state index in [2.05, 4.69) is 112 Å². The maximum absolute atomic E-state index is 4.82. The van der Waals surface area contributed by atoms with Crippen molar-refractivity contribution in [3.05, 3.63) is 115 Å². The van der Waals surface area contributed by atoms with Crippen LogP contribution in [0.5, 0.6) is 0 Å². The summed E-state index contributed by atoms with van der Waals surface area (Å²) in [5.41, 5.74) is 7.18. The molecule has 38 heavy (non-hydrogen) atoms. The van der Waals surface area contributed by atoms with Gasteiger partial charge in [0, 0.05) is 58.6 Å². The van der Waals surface area contributed by atoms with Crippen molar-refractivity contribution in [1.29, 1.82) is 0 Å². The number of pyridine rings is 2. The van der Waals surface area contributed by atoms with Gasteiger partial charge in [0.05, 0.1) is 23.3 Å². The maximum Gasteiger partial charge on any atom is 0.150 e. The van der Waals surface area contributed by atoms with E-state index in [-0.39, 0.29) is 0 Å². The molecule has 0 spiro atoms. The van der Waals surface area contributed by atoms with Crippen LogP contribution in [0.1, 0.15) is 17.7 Å². The number of rotatable bonds is 7. The van der Waals surface area contributed by atoms with Gasteiger partial charge >= 0.3 is 0 Å². The fraction of sp³-hybridized carbons (Fsp3) is 0.152. The van der Waals surface area contributed by atoms with Crippen LogP contribution in [0, 0.1) is 0 Å². The van der Waals surface area contributed by atoms with Gasteiger partial charge < -0.3 is 14.5 Å². The van der Waals surface area contributed by atoms with Crippen LogP contribution in [-0.2, 0) is 26.6 Å². The van der Waals surface area contributed by atoms with Crippen molar-refractivity contribution in [1.82, 2.24) is 19.1 Å². The van der Waals surface area contributed by atoms with Crippen LogP contribution in [0.3, 0.4) is 0 Å². The van der Waals surface area contributed by atoms with Gasteiger partial charge in [0.25, 0.3) is 0 Å². The summed E-state index contributed by atoms with van der Waals surface area (Å²) in [5, 5.41) is 8.65. The first-order valence-corrected chi connectivity index (χ1v) is 13.2. The average molecular weight is 496 g/mol. The molecule has 0 saturated heterocycles. The molecule has 0 aliphatic carbocycles. The number of aromatic nitrogens is 4. The van der Waals surface area contributed by atoms with Gasteiger partial charge in [-0.05, 0) is 42.7 Å². The van der Waals surface area contributed by atoms with E-state index in [4.69, 9.17) is 9.97 Å². The van der Waals surface area contributed by atoms with E-state index in [1.807, 2.05) is 12.4 Å². The van der Waals surface area contributed by atoms with Crippen molar-refractivity contribution < 1.29 is 0 Å². The largest absolute Gasteiger partial charge is 0.363 e. The molecule has 4 aromatic heterocycles. The monoisotopic (exact) mass is 495 g/mol. The number of para-hydroxylation sites is 2. The van der Waals surface area contributed by atoms with Gasteiger partial charge in [-0.15, -0.1) is 0 Å². The molecule has 0 fully saturated rings. The van der Waals surface area contributed by atoms with Crippen molar-refractivity contribution >= 4 is 49.4 Å². The quantitative estimate of drug-likeness (QED) is 0.249. The van der Waals surface area contributed by atoms with Gasteiger partial charge in [-0.2, -0.15) is 0 Å². The van der Waals surface area contributed by atoms with Crippen molar-refractivity contribution in [2.45, 2.75) is 25.9 Å². The summed E-state index contributed by atoms with van der Waals surface area (Å²) in [7, 11) is 2.12. The molecular weight excluding hydrogens is 466 g/mol. The van der Waals surface area contributed by atoms with Crippen LogP contribution in [0.25, 0.3) is 43.6 Å². The fourth-order valence-electron chi connectivity index (χ4n) is 5.95. The molecule has 5 nitrogen and oxygen atoms in total. The van der Waals surface area contributed by atoms with E-state index in [0.29, 0.717) is 6.54 Å². The standard InChI is InChI=1S/C33H29N5/c1-37-29-15-7-5-13-24(29)26-17-19-34-28(31(26)37)22-36-33-32-27(18-20-35-33)25-14-6-8-16-30(25)38(32)21-9-12-23-10-3-2-4-11-23/h2-8,10-11,13-20H,9,12,21-22H2,1H3,(H,35,36). The van der Waals surface area contributed by atoms with E-state index in [1.165, 1.54) is 38.1 Å². The third-order valence-corrected chi connectivity index (χ3v) is 7.68. The molecule has 7 aromatic rings. The molecule has 0 unspecified atom stereocenters. The zero-order valence-electron chi connectivity index (χ0n) is 21.4. The number of nitrogens with one attached hydrogen (secondary N) is 1. The lowest BCUT2D eigenvalue weighted by molar-refractivity contribution is 0.677. The molecule has 0 amide bonds. The van der Waals surface area contributed by atoms with E-state index >= 15 is 0 Å². The minimum Gasteiger partial charge on any atom is -0.363 e. The Morgan fingerprint density at radius 3 is 2.13 bits per heavy atom. The van der Waals surface area contributed by atoms with Crippen LogP contribution in [0.2, 0.25) is 0 Å². The summed E-state index contributed by atoms with van der Waals surface area (Å²) in [4.78, 5) is 9.61. The fourth-order valence-corrected chi connectivity index (χ4v) is 5.95. The normalized spacial score (nSPS) is 11.7. The topological polar surface area (TPSA) is 47.7 Å². The second-order valence-electron chi connectivity index (χ2n) is 9.90. The van der Waals surface area contributed by atoms with E-state index in [1.54, 1.807) is 0 Å². The summed E-state index contributed by atoms with van der Waals surface area (Å²) < 4.78 is 4.69. The highest BCUT2D eigenvalue weighted by Gasteiger charge is 2.16. The lowest BCUT2D eigenvalue weighted by Crippen LogP contribution is -2.08. The third kappa shape index (κ3) is 3.70. The average Bonchev–Trinajstić information content (AvgIpc) is 3.46. The molecule has 3 aromatic carbocycles. The molecule has 5 heteroatoms. The molecule has 186 valence electrons. The maximum atomic E-state index is 4.82. The predicted molar refractivity (Wildman–Crippen MR) is 158 cm³/mol. The Morgan fingerprint density at radius 1 is 0.658 bits per heavy atom. The Morgan fingerprint density at radius 2 is 1.32 bits per heavy atom. The molecule has 7 rings (SSSR count). The van der Waals surface area contributed by atoms with Gasteiger partial charge in [0.1, 0.15) is 0 Å². The highest BCUT2D eigenvalue weighted by atomic mass is 15.1. The Bertz CT molecular complexity index is 1910. The Kier molecular flexibility index (Phi) is 5.54. The smallest absolute Gasteiger partial charge is 0.150 e. The molecule has 0 atom stereocenters. The van der Waals surface area contributed by atoms with Gasteiger partial charge in [-0.25, -0.2) is 4.98 Å². The summed E-state index contributed by atoms with van der Waals surface area (Å²) in [6.45, 7) is 1.52.